The third-order valence-corrected chi connectivity index (χ3v) is 4.95. The predicted molar refractivity (Wildman–Crippen MR) is 74.7 cm³/mol. The van der Waals surface area contributed by atoms with Crippen molar-refractivity contribution >= 4 is 5.97 Å². The number of hydrogen-bond acceptors (Lipinski definition) is 6. The Bertz CT molecular complexity index is 386. The predicted octanol–water partition coefficient (Wildman–Crippen LogP) is 1.39. The van der Waals surface area contributed by atoms with Gasteiger partial charge in [-0.05, 0) is 32.6 Å². The molecule has 0 aromatic carbocycles. The second kappa shape index (κ2) is 6.20. The third-order valence-electron chi connectivity index (χ3n) is 4.95. The van der Waals surface area contributed by atoms with Gasteiger partial charge in [-0.2, -0.15) is 0 Å². The van der Waals surface area contributed by atoms with Crippen molar-refractivity contribution in [2.75, 3.05) is 14.2 Å². The number of carbonyl (C=O) groups is 1. The van der Waals surface area contributed by atoms with Gasteiger partial charge in [0.2, 0.25) is 0 Å². The molecular formula is C15H26O6. The Kier molecular flexibility index (Phi) is 4.92. The SMILES string of the molecule is CC[C@@]1([C@H](O)C(=O)OC)CC[C@H]([C@]2(C)CCC(OC)O2)O1. The molecule has 0 aliphatic carbocycles. The van der Waals surface area contributed by atoms with Crippen LogP contribution < -0.4 is 0 Å². The van der Waals surface area contributed by atoms with Crippen molar-refractivity contribution in [3.63, 3.8) is 0 Å². The van der Waals surface area contributed by atoms with Crippen LogP contribution in [0.15, 0.2) is 0 Å². The molecule has 0 aromatic heterocycles. The number of aliphatic hydroxyl groups is 1. The quantitative estimate of drug-likeness (QED) is 0.774. The number of hydrogen-bond donors (Lipinski definition) is 1. The lowest BCUT2D eigenvalue weighted by atomic mass is 9.88. The molecule has 1 N–H and O–H groups in total. The molecule has 0 saturated carbocycles. The molecule has 122 valence electrons. The van der Waals surface area contributed by atoms with Crippen molar-refractivity contribution in [3.8, 4) is 0 Å². The topological polar surface area (TPSA) is 74.2 Å². The van der Waals surface area contributed by atoms with Crippen molar-refractivity contribution in [1.29, 1.82) is 0 Å². The summed E-state index contributed by atoms with van der Waals surface area (Å²) < 4.78 is 22.0. The molecule has 2 aliphatic rings. The Balaban J connectivity index is 2.09. The molecule has 2 fully saturated rings. The number of rotatable bonds is 5. The third kappa shape index (κ3) is 2.95. The molecule has 2 rings (SSSR count). The van der Waals surface area contributed by atoms with Crippen molar-refractivity contribution in [2.24, 2.45) is 0 Å². The number of carbonyl (C=O) groups excluding carboxylic acids is 1. The summed E-state index contributed by atoms with van der Waals surface area (Å²) in [7, 11) is 2.90. The average molecular weight is 302 g/mol. The lowest BCUT2D eigenvalue weighted by Crippen LogP contribution is -2.49. The number of esters is 1. The molecule has 2 aliphatic heterocycles. The first-order valence-electron chi connectivity index (χ1n) is 7.55. The number of ether oxygens (including phenoxy) is 4. The maximum Gasteiger partial charge on any atom is 0.337 e. The van der Waals surface area contributed by atoms with E-state index >= 15 is 0 Å². The van der Waals surface area contributed by atoms with E-state index in [1.807, 2.05) is 13.8 Å². The number of aliphatic hydroxyl groups excluding tert-OH is 1. The summed E-state index contributed by atoms with van der Waals surface area (Å²) in [6.45, 7) is 3.91. The Labute approximate surface area is 125 Å². The van der Waals surface area contributed by atoms with Gasteiger partial charge in [0.15, 0.2) is 12.4 Å². The van der Waals surface area contributed by atoms with Crippen LogP contribution in [0.1, 0.15) is 46.0 Å². The van der Waals surface area contributed by atoms with Crippen LogP contribution in [0.5, 0.6) is 0 Å². The van der Waals surface area contributed by atoms with Crippen LogP contribution in [0, 0.1) is 0 Å². The highest BCUT2D eigenvalue weighted by Gasteiger charge is 2.54. The molecular weight excluding hydrogens is 276 g/mol. The molecule has 0 aromatic rings. The lowest BCUT2D eigenvalue weighted by molar-refractivity contribution is -0.215. The standard InChI is InChI=1S/C15H26O6/c1-5-15(12(16)13(17)19-4)9-6-10(20-15)14(2)8-7-11(18-3)21-14/h10-12,16H,5-9H2,1-4H3/t10-,11?,12-,14+,15+/m1/s1. The fraction of sp³-hybridized carbons (Fsp3) is 0.933. The first-order chi connectivity index (χ1) is 9.90. The maximum atomic E-state index is 11.7. The van der Waals surface area contributed by atoms with Crippen LogP contribution in [-0.2, 0) is 23.7 Å². The fourth-order valence-corrected chi connectivity index (χ4v) is 3.41. The molecule has 6 heteroatoms. The van der Waals surface area contributed by atoms with E-state index in [1.165, 1.54) is 7.11 Å². The summed E-state index contributed by atoms with van der Waals surface area (Å²) >= 11 is 0. The minimum absolute atomic E-state index is 0.156. The zero-order valence-corrected chi connectivity index (χ0v) is 13.3. The summed E-state index contributed by atoms with van der Waals surface area (Å²) in [5.74, 6) is -0.648. The van der Waals surface area contributed by atoms with E-state index in [-0.39, 0.29) is 12.4 Å². The Hall–Kier alpha value is -0.690. The second-order valence-corrected chi connectivity index (χ2v) is 6.12. The summed E-state index contributed by atoms with van der Waals surface area (Å²) in [5.41, 5.74) is -1.32. The monoisotopic (exact) mass is 302 g/mol. The van der Waals surface area contributed by atoms with Gasteiger partial charge in [0.1, 0.15) is 5.60 Å². The summed E-state index contributed by atoms with van der Waals surface area (Å²) in [6.07, 6.45) is 1.94. The van der Waals surface area contributed by atoms with Crippen molar-refractivity contribution in [1.82, 2.24) is 0 Å². The van der Waals surface area contributed by atoms with E-state index in [4.69, 9.17) is 14.2 Å². The minimum Gasteiger partial charge on any atom is -0.467 e. The lowest BCUT2D eigenvalue weighted by Gasteiger charge is -2.36. The second-order valence-electron chi connectivity index (χ2n) is 6.12. The zero-order chi connectivity index (χ0) is 15.7. The van der Waals surface area contributed by atoms with E-state index in [0.29, 0.717) is 12.8 Å². The molecule has 1 unspecified atom stereocenters. The maximum absolute atomic E-state index is 11.7. The van der Waals surface area contributed by atoms with Gasteiger partial charge < -0.3 is 24.1 Å². The van der Waals surface area contributed by atoms with Gasteiger partial charge in [-0.3, -0.25) is 0 Å². The first-order valence-corrected chi connectivity index (χ1v) is 7.55. The highest BCUT2D eigenvalue weighted by Crippen LogP contribution is 2.45. The van der Waals surface area contributed by atoms with Crippen molar-refractivity contribution in [3.05, 3.63) is 0 Å². The molecule has 6 nitrogen and oxygen atoms in total. The smallest absolute Gasteiger partial charge is 0.337 e. The average Bonchev–Trinajstić information content (AvgIpc) is 3.11. The van der Waals surface area contributed by atoms with Gasteiger partial charge in [0, 0.05) is 13.5 Å². The van der Waals surface area contributed by atoms with Crippen LogP contribution in [0.2, 0.25) is 0 Å². The van der Waals surface area contributed by atoms with Gasteiger partial charge in [-0.25, -0.2) is 4.79 Å². The zero-order valence-electron chi connectivity index (χ0n) is 13.3. The van der Waals surface area contributed by atoms with Gasteiger partial charge in [-0.1, -0.05) is 6.92 Å². The van der Waals surface area contributed by atoms with Crippen LogP contribution in [0.25, 0.3) is 0 Å². The van der Waals surface area contributed by atoms with Gasteiger partial charge in [0.05, 0.1) is 18.8 Å². The van der Waals surface area contributed by atoms with Crippen molar-refractivity contribution in [2.45, 2.75) is 75.7 Å². The van der Waals surface area contributed by atoms with E-state index in [0.717, 1.165) is 19.3 Å². The molecule has 5 atom stereocenters. The largest absolute Gasteiger partial charge is 0.467 e. The summed E-state index contributed by atoms with van der Waals surface area (Å²) in [5, 5.41) is 10.2. The number of methoxy groups -OCH3 is 2. The molecule has 0 spiro atoms. The van der Waals surface area contributed by atoms with Crippen LogP contribution >= 0.6 is 0 Å². The molecule has 2 heterocycles. The summed E-state index contributed by atoms with van der Waals surface area (Å²) in [6, 6.07) is 0. The van der Waals surface area contributed by atoms with Gasteiger partial charge in [0.25, 0.3) is 0 Å². The van der Waals surface area contributed by atoms with E-state index in [2.05, 4.69) is 4.74 Å². The van der Waals surface area contributed by atoms with E-state index in [9.17, 15) is 9.90 Å². The molecule has 0 amide bonds. The molecule has 2 saturated heterocycles. The van der Waals surface area contributed by atoms with E-state index in [1.54, 1.807) is 7.11 Å². The van der Waals surface area contributed by atoms with Gasteiger partial charge >= 0.3 is 5.97 Å². The normalized spacial score (nSPS) is 41.2. The fourth-order valence-electron chi connectivity index (χ4n) is 3.41. The molecule has 0 radical (unpaired) electrons. The van der Waals surface area contributed by atoms with Crippen molar-refractivity contribution < 1.29 is 28.8 Å². The Morgan fingerprint density at radius 3 is 2.57 bits per heavy atom. The summed E-state index contributed by atoms with van der Waals surface area (Å²) in [4.78, 5) is 11.7. The van der Waals surface area contributed by atoms with Crippen LogP contribution in [-0.4, -0.2) is 55.0 Å². The molecule has 21 heavy (non-hydrogen) atoms. The first kappa shape index (κ1) is 16.7. The van der Waals surface area contributed by atoms with Crippen LogP contribution in [0.4, 0.5) is 0 Å². The minimum atomic E-state index is -1.26. The van der Waals surface area contributed by atoms with Crippen LogP contribution in [0.3, 0.4) is 0 Å². The van der Waals surface area contributed by atoms with Gasteiger partial charge in [-0.15, -0.1) is 0 Å². The highest BCUT2D eigenvalue weighted by molar-refractivity contribution is 5.75. The Morgan fingerprint density at radius 1 is 1.33 bits per heavy atom. The Morgan fingerprint density at radius 2 is 2.05 bits per heavy atom. The van der Waals surface area contributed by atoms with E-state index < -0.39 is 23.3 Å². The highest BCUT2D eigenvalue weighted by atomic mass is 16.7. The molecule has 0 bridgehead atoms.